The van der Waals surface area contributed by atoms with Crippen molar-refractivity contribution < 1.29 is 4.43 Å². The zero-order chi connectivity index (χ0) is 8.53. The van der Waals surface area contributed by atoms with Crippen LogP contribution in [-0.2, 0) is 4.43 Å². The maximum absolute atomic E-state index is 5.51. The third-order valence-corrected chi connectivity index (χ3v) is 2.76. The average Bonchev–Trinajstić information content (AvgIpc) is 1.96. The van der Waals surface area contributed by atoms with Crippen LogP contribution in [0.4, 0.5) is 0 Å². The minimum absolute atomic E-state index is 0.436. The summed E-state index contributed by atoms with van der Waals surface area (Å²) in [6.45, 7) is 5.34. The van der Waals surface area contributed by atoms with Crippen molar-refractivity contribution in [1.82, 2.24) is 0 Å². The molecule has 0 saturated heterocycles. The van der Waals surface area contributed by atoms with Crippen LogP contribution in [0.25, 0.3) is 0 Å². The molecule has 0 aliphatic carbocycles. The van der Waals surface area contributed by atoms with Crippen molar-refractivity contribution >= 4 is 25.0 Å². The van der Waals surface area contributed by atoms with Crippen molar-refractivity contribution in [3.8, 4) is 0 Å². The Morgan fingerprint density at radius 3 is 2.27 bits per heavy atom. The lowest BCUT2D eigenvalue weighted by Crippen LogP contribution is -2.08. The summed E-state index contributed by atoms with van der Waals surface area (Å²) in [5.74, 6) is 0. The molecular formula is C8H18BrOSi. The minimum atomic E-state index is -0.436. The van der Waals surface area contributed by atoms with Gasteiger partial charge in [-0.3, -0.25) is 0 Å². The van der Waals surface area contributed by atoms with Gasteiger partial charge in [0.05, 0.1) is 0 Å². The predicted octanol–water partition coefficient (Wildman–Crippen LogP) is 3.21. The zero-order valence-electron chi connectivity index (χ0n) is 7.53. The topological polar surface area (TPSA) is 9.23 Å². The number of hydrogen-bond donors (Lipinski definition) is 0. The van der Waals surface area contributed by atoms with E-state index < -0.39 is 9.04 Å². The van der Waals surface area contributed by atoms with Crippen LogP contribution >= 0.6 is 15.9 Å². The van der Waals surface area contributed by atoms with Gasteiger partial charge in [0.15, 0.2) is 0 Å². The first kappa shape index (κ1) is 11.7. The van der Waals surface area contributed by atoms with E-state index in [-0.39, 0.29) is 0 Å². The fourth-order valence-electron chi connectivity index (χ4n) is 0.826. The minimum Gasteiger partial charge on any atom is -0.417 e. The van der Waals surface area contributed by atoms with Gasteiger partial charge >= 0.3 is 0 Å². The van der Waals surface area contributed by atoms with Gasteiger partial charge in [-0.25, -0.2) is 0 Å². The first-order valence-corrected chi connectivity index (χ1v) is 7.79. The van der Waals surface area contributed by atoms with Crippen LogP contribution in [0.3, 0.4) is 0 Å². The Kier molecular flexibility index (Phi) is 9.27. The molecule has 0 aromatic heterocycles. The second-order valence-electron chi connectivity index (χ2n) is 2.86. The Bertz CT molecular complexity index is 78.5. The van der Waals surface area contributed by atoms with Gasteiger partial charge in [0.1, 0.15) is 0 Å². The molecule has 11 heavy (non-hydrogen) atoms. The maximum Gasteiger partial charge on any atom is 0.204 e. The molecule has 0 aromatic carbocycles. The highest BCUT2D eigenvalue weighted by molar-refractivity contribution is 9.09. The summed E-state index contributed by atoms with van der Waals surface area (Å²) >= 11 is 3.42. The van der Waals surface area contributed by atoms with Crippen molar-refractivity contribution in [2.24, 2.45) is 0 Å². The lowest BCUT2D eigenvalue weighted by molar-refractivity contribution is 0.312. The quantitative estimate of drug-likeness (QED) is 0.376. The van der Waals surface area contributed by atoms with E-state index in [4.69, 9.17) is 4.43 Å². The third kappa shape index (κ3) is 10.7. The summed E-state index contributed by atoms with van der Waals surface area (Å²) in [4.78, 5) is 0. The molecule has 0 fully saturated rings. The van der Waals surface area contributed by atoms with Crippen LogP contribution in [0.15, 0.2) is 0 Å². The molecule has 0 spiro atoms. The molecule has 0 N–H and O–H groups in total. The summed E-state index contributed by atoms with van der Waals surface area (Å²) in [6.07, 6.45) is 5.20. The Balaban J connectivity index is 2.80. The van der Waals surface area contributed by atoms with E-state index in [1.54, 1.807) is 0 Å². The molecule has 0 rings (SSSR count). The van der Waals surface area contributed by atoms with Crippen LogP contribution in [0.2, 0.25) is 13.1 Å². The van der Waals surface area contributed by atoms with Gasteiger partial charge in [0.2, 0.25) is 9.04 Å². The van der Waals surface area contributed by atoms with Gasteiger partial charge in [0.25, 0.3) is 0 Å². The van der Waals surface area contributed by atoms with E-state index in [9.17, 15) is 0 Å². The Morgan fingerprint density at radius 2 is 1.73 bits per heavy atom. The standard InChI is InChI=1S/C8H18BrOSi/c1-11(2)10-8-6-4-3-5-7-9/h3-8H2,1-2H3. The summed E-state index contributed by atoms with van der Waals surface area (Å²) < 4.78 is 5.51. The summed E-state index contributed by atoms with van der Waals surface area (Å²) in [6, 6.07) is 0. The molecule has 1 nitrogen and oxygen atoms in total. The van der Waals surface area contributed by atoms with E-state index in [0.29, 0.717) is 0 Å². The zero-order valence-corrected chi connectivity index (χ0v) is 10.1. The second-order valence-corrected chi connectivity index (χ2v) is 5.76. The number of rotatable bonds is 7. The molecule has 67 valence electrons. The van der Waals surface area contributed by atoms with Crippen LogP contribution in [0.1, 0.15) is 25.7 Å². The highest BCUT2D eigenvalue weighted by atomic mass is 79.9. The second kappa shape index (κ2) is 8.75. The summed E-state index contributed by atoms with van der Waals surface area (Å²) in [5.41, 5.74) is 0. The average molecular weight is 238 g/mol. The Hall–Kier alpha value is 0.657. The molecule has 0 bridgehead atoms. The molecule has 0 saturated carbocycles. The molecule has 0 unspecified atom stereocenters. The van der Waals surface area contributed by atoms with Gasteiger partial charge in [0, 0.05) is 11.9 Å². The van der Waals surface area contributed by atoms with Crippen molar-refractivity contribution in [1.29, 1.82) is 0 Å². The van der Waals surface area contributed by atoms with E-state index in [1.165, 1.54) is 25.7 Å². The van der Waals surface area contributed by atoms with Crippen molar-refractivity contribution in [2.45, 2.75) is 38.8 Å². The van der Waals surface area contributed by atoms with Crippen molar-refractivity contribution in [2.75, 3.05) is 11.9 Å². The molecular weight excluding hydrogens is 220 g/mol. The molecule has 1 radical (unpaired) electrons. The highest BCUT2D eigenvalue weighted by Gasteiger charge is 1.95. The van der Waals surface area contributed by atoms with Gasteiger partial charge < -0.3 is 4.43 Å². The molecule has 0 aromatic rings. The Labute approximate surface area is 80.4 Å². The van der Waals surface area contributed by atoms with Gasteiger partial charge in [-0.05, 0) is 25.9 Å². The molecule has 0 heterocycles. The van der Waals surface area contributed by atoms with Gasteiger partial charge in [-0.15, -0.1) is 0 Å². The fraction of sp³-hybridized carbons (Fsp3) is 1.00. The van der Waals surface area contributed by atoms with Gasteiger partial charge in [-0.2, -0.15) is 0 Å². The number of alkyl halides is 1. The fourth-order valence-corrected chi connectivity index (χ4v) is 1.78. The van der Waals surface area contributed by atoms with E-state index in [0.717, 1.165) is 11.9 Å². The summed E-state index contributed by atoms with van der Waals surface area (Å²) in [7, 11) is -0.436. The highest BCUT2D eigenvalue weighted by Crippen LogP contribution is 2.02. The maximum atomic E-state index is 5.51. The first-order valence-electron chi connectivity index (χ1n) is 4.26. The third-order valence-electron chi connectivity index (χ3n) is 1.42. The van der Waals surface area contributed by atoms with E-state index in [2.05, 4.69) is 29.0 Å². The van der Waals surface area contributed by atoms with E-state index in [1.807, 2.05) is 0 Å². The molecule has 0 atom stereocenters. The number of halogens is 1. The first-order chi connectivity index (χ1) is 5.27. The van der Waals surface area contributed by atoms with Crippen molar-refractivity contribution in [3.05, 3.63) is 0 Å². The smallest absolute Gasteiger partial charge is 0.204 e. The molecule has 0 aliphatic rings. The largest absolute Gasteiger partial charge is 0.417 e. The lowest BCUT2D eigenvalue weighted by Gasteiger charge is -2.04. The van der Waals surface area contributed by atoms with E-state index >= 15 is 0 Å². The summed E-state index contributed by atoms with van der Waals surface area (Å²) in [5, 5.41) is 1.14. The SMILES string of the molecule is C[Si](C)OCCCCCCBr. The molecule has 0 aliphatic heterocycles. The van der Waals surface area contributed by atoms with Crippen LogP contribution in [0, 0.1) is 0 Å². The Morgan fingerprint density at radius 1 is 1.09 bits per heavy atom. The monoisotopic (exact) mass is 237 g/mol. The van der Waals surface area contributed by atoms with Crippen LogP contribution < -0.4 is 0 Å². The number of unbranched alkanes of at least 4 members (excludes halogenated alkanes) is 3. The molecule has 0 amide bonds. The predicted molar refractivity (Wildman–Crippen MR) is 55.7 cm³/mol. The molecule has 3 heteroatoms. The normalized spacial score (nSPS) is 10.9. The number of hydrogen-bond acceptors (Lipinski definition) is 1. The van der Waals surface area contributed by atoms with Crippen LogP contribution in [-0.4, -0.2) is 21.0 Å². The van der Waals surface area contributed by atoms with Crippen LogP contribution in [0.5, 0.6) is 0 Å². The van der Waals surface area contributed by atoms with Gasteiger partial charge in [-0.1, -0.05) is 28.8 Å². The lowest BCUT2D eigenvalue weighted by atomic mass is 10.2. The van der Waals surface area contributed by atoms with Crippen molar-refractivity contribution in [3.63, 3.8) is 0 Å².